The molecule has 0 radical (unpaired) electrons. The number of halogens is 3. The van der Waals surface area contributed by atoms with Gasteiger partial charge >= 0.3 is 6.18 Å². The largest absolute Gasteiger partial charge is 0.389 e. The predicted octanol–water partition coefficient (Wildman–Crippen LogP) is 3.20. The van der Waals surface area contributed by atoms with Crippen molar-refractivity contribution in [3.8, 4) is 5.82 Å². The van der Waals surface area contributed by atoms with Gasteiger partial charge in [0.25, 0.3) is 0 Å². The Labute approximate surface area is 120 Å². The van der Waals surface area contributed by atoms with Crippen molar-refractivity contribution in [1.29, 1.82) is 0 Å². The molecular weight excluding hydrogens is 283 g/mol. The van der Waals surface area contributed by atoms with Crippen molar-refractivity contribution < 1.29 is 13.2 Å². The van der Waals surface area contributed by atoms with Gasteiger partial charge in [0.05, 0.1) is 11.9 Å². The van der Waals surface area contributed by atoms with Gasteiger partial charge in [-0.15, -0.1) is 0 Å². The van der Waals surface area contributed by atoms with E-state index in [1.54, 1.807) is 12.3 Å². The molecule has 2 aromatic heterocycles. The fourth-order valence-electron chi connectivity index (χ4n) is 1.90. The molecule has 2 heterocycles. The average molecular weight is 299 g/mol. The Morgan fingerprint density at radius 2 is 2.14 bits per heavy atom. The summed E-state index contributed by atoms with van der Waals surface area (Å²) in [6.45, 7) is 1.85. The van der Waals surface area contributed by atoms with Crippen molar-refractivity contribution >= 4 is 5.69 Å². The van der Waals surface area contributed by atoms with Crippen LogP contribution < -0.4 is 5.32 Å². The second kappa shape index (κ2) is 6.55. The van der Waals surface area contributed by atoms with Crippen LogP contribution in [0.4, 0.5) is 18.9 Å². The first-order chi connectivity index (χ1) is 9.94. The minimum absolute atomic E-state index is 0.0497. The van der Waals surface area contributed by atoms with Crippen LogP contribution in [0.3, 0.4) is 0 Å². The molecule has 1 unspecified atom stereocenters. The molecule has 0 spiro atoms. The molecule has 5 nitrogen and oxygen atoms in total. The minimum atomic E-state index is -4.08. The molecule has 8 heteroatoms. The van der Waals surface area contributed by atoms with Gasteiger partial charge in [0.2, 0.25) is 0 Å². The summed E-state index contributed by atoms with van der Waals surface area (Å²) < 4.78 is 37.7. The maximum atomic E-state index is 12.1. The Hall–Kier alpha value is -2.12. The Morgan fingerprint density at radius 1 is 1.33 bits per heavy atom. The molecular formula is C13H16F3N5. The first-order valence-corrected chi connectivity index (χ1v) is 6.58. The smallest absolute Gasteiger partial charge is 0.381 e. The summed E-state index contributed by atoms with van der Waals surface area (Å²) in [5.74, 6) is 0.628. The fraction of sp³-hybridized carbons (Fsp3) is 0.462. The van der Waals surface area contributed by atoms with Crippen LogP contribution in [0.2, 0.25) is 0 Å². The number of hydrogen-bond acceptors (Lipinski definition) is 4. The molecule has 114 valence electrons. The third kappa shape index (κ3) is 5.05. The Balaban J connectivity index is 1.83. The van der Waals surface area contributed by atoms with Crippen LogP contribution in [-0.2, 0) is 0 Å². The Kier molecular flexibility index (Phi) is 4.77. The third-order valence-electron chi connectivity index (χ3n) is 2.91. The van der Waals surface area contributed by atoms with Crippen molar-refractivity contribution in [1.82, 2.24) is 19.7 Å². The highest BCUT2D eigenvalue weighted by atomic mass is 19.4. The van der Waals surface area contributed by atoms with Crippen molar-refractivity contribution in [3.05, 3.63) is 31.0 Å². The van der Waals surface area contributed by atoms with Crippen LogP contribution in [0.1, 0.15) is 26.2 Å². The summed E-state index contributed by atoms with van der Waals surface area (Å²) >= 11 is 0. The van der Waals surface area contributed by atoms with E-state index in [-0.39, 0.29) is 12.5 Å². The maximum absolute atomic E-state index is 12.1. The molecule has 1 N–H and O–H groups in total. The lowest BCUT2D eigenvalue weighted by atomic mass is 10.1. The van der Waals surface area contributed by atoms with Gasteiger partial charge in [-0.2, -0.15) is 18.3 Å². The summed E-state index contributed by atoms with van der Waals surface area (Å²) in [5.41, 5.74) is 0.762. The summed E-state index contributed by atoms with van der Waals surface area (Å²) in [5, 5.41) is 7.08. The van der Waals surface area contributed by atoms with Gasteiger partial charge in [-0.3, -0.25) is 0 Å². The maximum Gasteiger partial charge on any atom is 0.389 e. The molecule has 2 rings (SSSR count). The lowest BCUT2D eigenvalue weighted by Crippen LogP contribution is -2.17. The third-order valence-corrected chi connectivity index (χ3v) is 2.91. The molecule has 0 saturated carbocycles. The van der Waals surface area contributed by atoms with Crippen LogP contribution in [-0.4, -0.2) is 32.0 Å². The van der Waals surface area contributed by atoms with E-state index in [4.69, 9.17) is 0 Å². The van der Waals surface area contributed by atoms with Crippen LogP contribution in [0.15, 0.2) is 31.0 Å². The van der Waals surface area contributed by atoms with Crippen molar-refractivity contribution in [3.63, 3.8) is 0 Å². The standard InChI is InChI=1S/C13H16F3N5/c1-10(3-2-6-13(14,15)16)20-11-4-5-12(18-7-11)21-9-17-8-19-21/h4-5,7-10,20H,2-3,6H2,1H3. The van der Waals surface area contributed by atoms with E-state index in [0.717, 1.165) is 5.69 Å². The Morgan fingerprint density at radius 3 is 2.71 bits per heavy atom. The highest BCUT2D eigenvalue weighted by Crippen LogP contribution is 2.23. The Bertz CT molecular complexity index is 536. The molecule has 0 fully saturated rings. The molecule has 0 bridgehead atoms. The minimum Gasteiger partial charge on any atom is -0.381 e. The highest BCUT2D eigenvalue weighted by molar-refractivity contribution is 5.44. The van der Waals surface area contributed by atoms with Crippen molar-refractivity contribution in [2.45, 2.75) is 38.4 Å². The van der Waals surface area contributed by atoms with Gasteiger partial charge in [-0.05, 0) is 31.9 Å². The summed E-state index contributed by atoms with van der Waals surface area (Å²) in [4.78, 5) is 8.04. The number of rotatable bonds is 6. The van der Waals surface area contributed by atoms with Crippen molar-refractivity contribution in [2.75, 3.05) is 5.32 Å². The van der Waals surface area contributed by atoms with Gasteiger partial charge in [0.1, 0.15) is 12.7 Å². The summed E-state index contributed by atoms with van der Waals surface area (Å²) in [6, 6.07) is 3.52. The first-order valence-electron chi connectivity index (χ1n) is 6.58. The van der Waals surface area contributed by atoms with Crippen molar-refractivity contribution in [2.24, 2.45) is 0 Å². The zero-order chi connectivity index (χ0) is 15.3. The fourth-order valence-corrected chi connectivity index (χ4v) is 1.90. The van der Waals surface area contributed by atoms with Gasteiger partial charge in [0.15, 0.2) is 5.82 Å². The van der Waals surface area contributed by atoms with Gasteiger partial charge in [0, 0.05) is 12.5 Å². The van der Waals surface area contributed by atoms with E-state index >= 15 is 0 Å². The average Bonchev–Trinajstić information content (AvgIpc) is 2.92. The van der Waals surface area contributed by atoms with Crippen LogP contribution >= 0.6 is 0 Å². The first kappa shape index (κ1) is 15.3. The monoisotopic (exact) mass is 299 g/mol. The SMILES string of the molecule is CC(CCCC(F)(F)F)Nc1ccc(-n2cncn2)nc1. The second-order valence-electron chi connectivity index (χ2n) is 4.80. The lowest BCUT2D eigenvalue weighted by Gasteiger charge is -2.15. The van der Waals surface area contributed by atoms with Gasteiger partial charge < -0.3 is 5.32 Å². The molecule has 0 amide bonds. The van der Waals surface area contributed by atoms with Crippen LogP contribution in [0, 0.1) is 0 Å². The molecule has 21 heavy (non-hydrogen) atoms. The predicted molar refractivity (Wildman–Crippen MR) is 72.1 cm³/mol. The van der Waals surface area contributed by atoms with E-state index in [2.05, 4.69) is 20.4 Å². The van der Waals surface area contributed by atoms with Crippen LogP contribution in [0.5, 0.6) is 0 Å². The van der Waals surface area contributed by atoms with E-state index in [0.29, 0.717) is 12.2 Å². The van der Waals surface area contributed by atoms with E-state index < -0.39 is 12.6 Å². The molecule has 0 aliphatic heterocycles. The number of aromatic nitrogens is 4. The number of hydrogen-bond donors (Lipinski definition) is 1. The molecule has 0 aromatic carbocycles. The topological polar surface area (TPSA) is 55.6 Å². The lowest BCUT2D eigenvalue weighted by molar-refractivity contribution is -0.135. The van der Waals surface area contributed by atoms with E-state index in [1.807, 2.05) is 13.0 Å². The summed E-state index contributed by atoms with van der Waals surface area (Å²) in [7, 11) is 0. The van der Waals surface area contributed by atoms with Gasteiger partial charge in [-0.1, -0.05) is 0 Å². The number of nitrogens with one attached hydrogen (secondary N) is 1. The highest BCUT2D eigenvalue weighted by Gasteiger charge is 2.26. The zero-order valence-electron chi connectivity index (χ0n) is 11.5. The second-order valence-corrected chi connectivity index (χ2v) is 4.80. The number of nitrogens with zero attached hydrogens (tertiary/aromatic N) is 4. The molecule has 0 saturated heterocycles. The number of pyridine rings is 1. The zero-order valence-corrected chi connectivity index (χ0v) is 11.5. The van der Waals surface area contributed by atoms with Gasteiger partial charge in [-0.25, -0.2) is 14.6 Å². The number of alkyl halides is 3. The normalized spacial score (nSPS) is 13.1. The van der Waals surface area contributed by atoms with E-state index in [9.17, 15) is 13.2 Å². The quantitative estimate of drug-likeness (QED) is 0.890. The number of anilines is 1. The summed E-state index contributed by atoms with van der Waals surface area (Å²) in [6.07, 6.45) is 0.304. The van der Waals surface area contributed by atoms with Crippen LogP contribution in [0.25, 0.3) is 5.82 Å². The molecule has 0 aliphatic carbocycles. The molecule has 1 atom stereocenters. The molecule has 0 aliphatic rings. The van der Waals surface area contributed by atoms with E-state index in [1.165, 1.54) is 17.3 Å². The molecule has 2 aromatic rings.